The van der Waals surface area contributed by atoms with E-state index in [-0.39, 0.29) is 23.5 Å². The molecule has 0 aliphatic rings. The molecule has 1 N–H and O–H groups in total. The Hall–Kier alpha value is -2.70. The molecule has 2 aromatic carbocycles. The summed E-state index contributed by atoms with van der Waals surface area (Å²) in [6.07, 6.45) is -0.154. The van der Waals surface area contributed by atoms with Crippen LogP contribution < -0.4 is 20.4 Å². The van der Waals surface area contributed by atoms with Crippen molar-refractivity contribution in [3.05, 3.63) is 61.9 Å². The highest BCUT2D eigenvalue weighted by Crippen LogP contribution is 2.36. The molecule has 0 saturated carbocycles. The minimum absolute atomic E-state index is 0.154. The number of anilines is 1. The Labute approximate surface area is 171 Å². The molecule has 0 unspecified atom stereocenters. The normalized spacial score (nSPS) is 10.8. The first-order chi connectivity index (χ1) is 13.3. The first-order valence-corrected chi connectivity index (χ1v) is 9.03. The van der Waals surface area contributed by atoms with Crippen LogP contribution in [0.2, 0.25) is 10.0 Å². The number of halogens is 2. The van der Waals surface area contributed by atoms with Crippen molar-refractivity contribution in [3.63, 3.8) is 0 Å². The maximum atomic E-state index is 12.5. The second-order valence-electron chi connectivity index (χ2n) is 6.02. The summed E-state index contributed by atoms with van der Waals surface area (Å²) in [6, 6.07) is 8.21. The molecule has 0 radical (unpaired) electrons. The highest BCUT2D eigenvalue weighted by molar-refractivity contribution is 6.42. The monoisotopic (exact) mass is 421 g/mol. The van der Waals surface area contributed by atoms with Crippen molar-refractivity contribution < 1.29 is 18.7 Å². The van der Waals surface area contributed by atoms with Crippen molar-refractivity contribution in [2.45, 2.75) is 13.3 Å². The minimum atomic E-state index is -0.610. The molecule has 146 valence electrons. The molecular weight excluding hydrogens is 405 g/mol. The molecule has 0 saturated heterocycles. The molecule has 0 aliphatic heterocycles. The Morgan fingerprint density at radius 1 is 1.11 bits per heavy atom. The number of amides is 1. The molecule has 0 atom stereocenters. The van der Waals surface area contributed by atoms with Gasteiger partial charge in [-0.1, -0.05) is 23.2 Å². The molecule has 1 heterocycles. The first kappa shape index (κ1) is 20.0. The van der Waals surface area contributed by atoms with Gasteiger partial charge in [-0.15, -0.1) is 0 Å². The molecule has 8 heteroatoms. The topological polar surface area (TPSA) is 77.8 Å². The molecule has 3 aromatic rings. The largest absolute Gasteiger partial charge is 0.493 e. The van der Waals surface area contributed by atoms with Crippen molar-refractivity contribution >= 4 is 45.8 Å². The van der Waals surface area contributed by atoms with Gasteiger partial charge < -0.3 is 19.2 Å². The lowest BCUT2D eigenvalue weighted by Gasteiger charge is -2.13. The maximum Gasteiger partial charge on any atom is 0.340 e. The van der Waals surface area contributed by atoms with Gasteiger partial charge >= 0.3 is 5.63 Å². The van der Waals surface area contributed by atoms with Crippen LogP contribution >= 0.6 is 23.2 Å². The Bertz CT molecular complexity index is 1120. The van der Waals surface area contributed by atoms with Crippen molar-refractivity contribution in [2.24, 2.45) is 0 Å². The van der Waals surface area contributed by atoms with Gasteiger partial charge in [0.25, 0.3) is 0 Å². The quantitative estimate of drug-likeness (QED) is 0.608. The minimum Gasteiger partial charge on any atom is -0.493 e. The van der Waals surface area contributed by atoms with Crippen LogP contribution in [0.4, 0.5) is 5.69 Å². The number of carbonyl (C=O) groups excluding carboxylic acids is 1. The van der Waals surface area contributed by atoms with Crippen LogP contribution in [0.15, 0.2) is 39.5 Å². The third-order valence-electron chi connectivity index (χ3n) is 4.34. The van der Waals surface area contributed by atoms with Gasteiger partial charge in [0, 0.05) is 11.1 Å². The summed E-state index contributed by atoms with van der Waals surface area (Å²) in [5, 5.41) is 4.06. The number of hydrogen-bond acceptors (Lipinski definition) is 5. The summed E-state index contributed by atoms with van der Waals surface area (Å²) in [5.74, 6) is 0.392. The van der Waals surface area contributed by atoms with Crippen LogP contribution in [-0.4, -0.2) is 20.1 Å². The number of fused-ring (bicyclic) bond motifs is 1. The van der Waals surface area contributed by atoms with Gasteiger partial charge in [0.1, 0.15) is 0 Å². The van der Waals surface area contributed by atoms with Crippen molar-refractivity contribution in [3.8, 4) is 11.5 Å². The highest BCUT2D eigenvalue weighted by Gasteiger charge is 2.19. The smallest absolute Gasteiger partial charge is 0.340 e. The average molecular weight is 422 g/mol. The molecule has 0 aliphatic carbocycles. The van der Waals surface area contributed by atoms with E-state index in [1.54, 1.807) is 31.2 Å². The van der Waals surface area contributed by atoms with E-state index >= 15 is 0 Å². The van der Waals surface area contributed by atoms with Gasteiger partial charge in [-0.3, -0.25) is 4.79 Å². The predicted octanol–water partition coefficient (Wildman–Crippen LogP) is 4.61. The number of nitrogens with one attached hydrogen (secondary N) is 1. The number of hydrogen-bond donors (Lipinski definition) is 1. The van der Waals surface area contributed by atoms with E-state index in [0.29, 0.717) is 38.2 Å². The Balaban J connectivity index is 1.96. The van der Waals surface area contributed by atoms with Crippen LogP contribution in [-0.2, 0) is 11.2 Å². The van der Waals surface area contributed by atoms with E-state index in [4.69, 9.17) is 37.1 Å². The molecule has 1 amide bonds. The van der Waals surface area contributed by atoms with E-state index in [0.717, 1.165) is 0 Å². The van der Waals surface area contributed by atoms with Gasteiger partial charge in [-0.25, -0.2) is 4.79 Å². The fraction of sp³-hybridized carbons (Fsp3) is 0.200. The molecule has 0 fully saturated rings. The zero-order chi connectivity index (χ0) is 20.4. The first-order valence-electron chi connectivity index (χ1n) is 8.28. The lowest BCUT2D eigenvalue weighted by atomic mass is 10.0. The van der Waals surface area contributed by atoms with E-state index in [9.17, 15) is 9.59 Å². The predicted molar refractivity (Wildman–Crippen MR) is 109 cm³/mol. The van der Waals surface area contributed by atoms with Gasteiger partial charge in [-0.2, -0.15) is 0 Å². The molecule has 1 aromatic heterocycles. The van der Waals surface area contributed by atoms with Crippen LogP contribution in [0, 0.1) is 6.92 Å². The zero-order valence-corrected chi connectivity index (χ0v) is 16.9. The third-order valence-corrected chi connectivity index (χ3v) is 5.08. The lowest BCUT2D eigenvalue weighted by molar-refractivity contribution is -0.115. The Kier molecular flexibility index (Phi) is 5.82. The second kappa shape index (κ2) is 8.12. The summed E-state index contributed by atoms with van der Waals surface area (Å²) >= 11 is 11.8. The van der Waals surface area contributed by atoms with Crippen LogP contribution in [0.3, 0.4) is 0 Å². The average Bonchev–Trinajstić information content (AvgIpc) is 2.67. The summed E-state index contributed by atoms with van der Waals surface area (Å²) in [7, 11) is 2.96. The summed E-state index contributed by atoms with van der Waals surface area (Å²) in [6.45, 7) is 1.76. The standard InChI is InChI=1S/C20H17Cl2NO5/c1-10-12-5-7-16(26-2)19(27-3)18(12)28-20(25)13(10)9-17(24)23-11-4-6-14(21)15(22)8-11/h4-8H,9H2,1-3H3,(H,23,24). The summed E-state index contributed by atoms with van der Waals surface area (Å²) in [4.78, 5) is 25.0. The molecule has 6 nitrogen and oxygen atoms in total. The zero-order valence-electron chi connectivity index (χ0n) is 15.4. The van der Waals surface area contributed by atoms with E-state index in [2.05, 4.69) is 5.32 Å². The molecule has 3 rings (SSSR count). The van der Waals surface area contributed by atoms with Crippen molar-refractivity contribution in [1.29, 1.82) is 0 Å². The SMILES string of the molecule is COc1ccc2c(C)c(CC(=O)Nc3ccc(Cl)c(Cl)c3)c(=O)oc2c1OC. The molecule has 28 heavy (non-hydrogen) atoms. The number of carbonyl (C=O) groups is 1. The van der Waals surface area contributed by atoms with Crippen molar-refractivity contribution in [2.75, 3.05) is 19.5 Å². The van der Waals surface area contributed by atoms with Crippen LogP contribution in [0.25, 0.3) is 11.0 Å². The summed E-state index contributed by atoms with van der Waals surface area (Å²) in [5.41, 5.74) is 1.04. The molecule has 0 bridgehead atoms. The van der Waals surface area contributed by atoms with Crippen molar-refractivity contribution in [1.82, 2.24) is 0 Å². The van der Waals surface area contributed by atoms with Crippen LogP contribution in [0.5, 0.6) is 11.5 Å². The highest BCUT2D eigenvalue weighted by atomic mass is 35.5. The van der Waals surface area contributed by atoms with E-state index in [1.807, 2.05) is 0 Å². The number of aryl methyl sites for hydroxylation is 1. The third kappa shape index (κ3) is 3.79. The van der Waals surface area contributed by atoms with E-state index in [1.165, 1.54) is 20.3 Å². The second-order valence-corrected chi connectivity index (χ2v) is 6.84. The van der Waals surface area contributed by atoms with Gasteiger partial charge in [-0.05, 0) is 42.8 Å². The number of ether oxygens (including phenoxy) is 2. The van der Waals surface area contributed by atoms with Crippen LogP contribution in [0.1, 0.15) is 11.1 Å². The lowest BCUT2D eigenvalue weighted by Crippen LogP contribution is -2.20. The molecule has 0 spiro atoms. The van der Waals surface area contributed by atoms with E-state index < -0.39 is 5.63 Å². The number of methoxy groups -OCH3 is 2. The number of benzene rings is 2. The maximum absolute atomic E-state index is 12.5. The fourth-order valence-electron chi connectivity index (χ4n) is 2.91. The fourth-order valence-corrected chi connectivity index (χ4v) is 3.21. The Morgan fingerprint density at radius 2 is 1.86 bits per heavy atom. The van der Waals surface area contributed by atoms with Gasteiger partial charge in [0.15, 0.2) is 11.3 Å². The number of rotatable bonds is 5. The van der Waals surface area contributed by atoms with Gasteiger partial charge in [0.05, 0.1) is 36.2 Å². The Morgan fingerprint density at radius 3 is 2.50 bits per heavy atom. The summed E-state index contributed by atoms with van der Waals surface area (Å²) < 4.78 is 16.0. The van der Waals surface area contributed by atoms with Gasteiger partial charge in [0.2, 0.25) is 11.7 Å². The molecular formula is C20H17Cl2NO5.